The van der Waals surface area contributed by atoms with Crippen LogP contribution >= 0.6 is 11.3 Å². The van der Waals surface area contributed by atoms with E-state index in [1.807, 2.05) is 6.92 Å². The lowest BCUT2D eigenvalue weighted by Crippen LogP contribution is -2.46. The minimum Gasteiger partial charge on any atom is -0.345 e. The molecule has 0 bridgehead atoms. The van der Waals surface area contributed by atoms with Gasteiger partial charge in [-0.3, -0.25) is 9.48 Å². The third-order valence-electron chi connectivity index (χ3n) is 5.00. The second-order valence-electron chi connectivity index (χ2n) is 7.56. The van der Waals surface area contributed by atoms with Crippen LogP contribution in [0.25, 0.3) is 10.2 Å². The molecule has 1 aromatic carbocycles. The Morgan fingerprint density at radius 3 is 2.71 bits per heavy atom. The van der Waals surface area contributed by atoms with Crippen LogP contribution < -0.4 is 5.32 Å². The molecule has 0 aliphatic carbocycles. The summed E-state index contributed by atoms with van der Waals surface area (Å²) in [5.74, 6) is -0.493. The molecule has 148 valence electrons. The molecule has 0 spiro atoms. The molecule has 3 aromatic rings. The normalized spacial score (nSPS) is 21.2. The number of sulfone groups is 1. The molecule has 3 heterocycles. The first-order chi connectivity index (χ1) is 13.1. The van der Waals surface area contributed by atoms with Crippen molar-refractivity contribution in [1.82, 2.24) is 15.1 Å². The van der Waals surface area contributed by atoms with Gasteiger partial charge in [0, 0.05) is 5.39 Å². The maximum absolute atomic E-state index is 13.1. The zero-order valence-electron chi connectivity index (χ0n) is 15.5. The highest BCUT2D eigenvalue weighted by Crippen LogP contribution is 2.30. The Bertz CT molecular complexity index is 1170. The van der Waals surface area contributed by atoms with Crippen molar-refractivity contribution in [2.24, 2.45) is 0 Å². The van der Waals surface area contributed by atoms with Crippen molar-refractivity contribution >= 4 is 37.3 Å². The van der Waals surface area contributed by atoms with Gasteiger partial charge >= 0.3 is 0 Å². The van der Waals surface area contributed by atoms with E-state index in [0.29, 0.717) is 17.8 Å². The predicted octanol–water partition coefficient (Wildman–Crippen LogP) is 2.90. The number of benzene rings is 1. The summed E-state index contributed by atoms with van der Waals surface area (Å²) < 4.78 is 38.5. The Hall–Kier alpha value is -2.26. The number of carbonyl (C=O) groups is 1. The molecule has 9 heteroatoms. The van der Waals surface area contributed by atoms with Crippen molar-refractivity contribution in [3.8, 4) is 0 Å². The van der Waals surface area contributed by atoms with Crippen LogP contribution in [0, 0.1) is 12.7 Å². The van der Waals surface area contributed by atoms with Crippen molar-refractivity contribution < 1.29 is 17.6 Å². The van der Waals surface area contributed by atoms with Crippen LogP contribution in [0.4, 0.5) is 4.39 Å². The number of amides is 1. The molecule has 1 unspecified atom stereocenters. The molecule has 1 aliphatic rings. The zero-order valence-corrected chi connectivity index (χ0v) is 17.2. The van der Waals surface area contributed by atoms with Gasteiger partial charge in [-0.2, -0.15) is 5.10 Å². The summed E-state index contributed by atoms with van der Waals surface area (Å²) in [6.07, 6.45) is 0.420. The number of rotatable bonds is 4. The Kier molecular flexibility index (Phi) is 4.54. The standard InChI is InChI=1S/C19H20FN3O3S2/c1-12-15-9-16(17(24)21-19(2)7-8-28(25,26)11-19)27-18(15)23(22-12)10-13-3-5-14(20)6-4-13/h3-6,9H,7-8,10-11H2,1-2H3,(H,21,24). The Morgan fingerprint density at radius 1 is 1.36 bits per heavy atom. The van der Waals surface area contributed by atoms with Crippen LogP contribution in [-0.2, 0) is 16.4 Å². The van der Waals surface area contributed by atoms with Gasteiger partial charge in [0.2, 0.25) is 0 Å². The van der Waals surface area contributed by atoms with Gasteiger partial charge in [0.25, 0.3) is 5.91 Å². The average molecular weight is 422 g/mol. The topological polar surface area (TPSA) is 81.1 Å². The van der Waals surface area contributed by atoms with E-state index in [1.54, 1.807) is 29.8 Å². The van der Waals surface area contributed by atoms with Crippen LogP contribution in [0.3, 0.4) is 0 Å². The van der Waals surface area contributed by atoms with Gasteiger partial charge in [0.1, 0.15) is 10.6 Å². The van der Waals surface area contributed by atoms with Gasteiger partial charge in [0.05, 0.1) is 34.2 Å². The number of hydrogen-bond acceptors (Lipinski definition) is 5. The number of carbonyl (C=O) groups excluding carboxylic acids is 1. The average Bonchev–Trinajstić information content (AvgIpc) is 3.24. The molecule has 6 nitrogen and oxygen atoms in total. The first-order valence-electron chi connectivity index (χ1n) is 8.88. The molecule has 28 heavy (non-hydrogen) atoms. The van der Waals surface area contributed by atoms with E-state index >= 15 is 0 Å². The van der Waals surface area contributed by atoms with Gasteiger partial charge in [-0.1, -0.05) is 12.1 Å². The molecular formula is C19H20FN3O3S2. The number of hydrogen-bond donors (Lipinski definition) is 1. The van der Waals surface area contributed by atoms with E-state index in [0.717, 1.165) is 21.5 Å². The van der Waals surface area contributed by atoms with E-state index in [9.17, 15) is 17.6 Å². The molecule has 1 aliphatic heterocycles. The van der Waals surface area contributed by atoms with Gasteiger partial charge in [-0.25, -0.2) is 12.8 Å². The maximum Gasteiger partial charge on any atom is 0.261 e. The van der Waals surface area contributed by atoms with Crippen molar-refractivity contribution in [2.45, 2.75) is 32.4 Å². The lowest BCUT2D eigenvalue weighted by Gasteiger charge is -2.23. The summed E-state index contributed by atoms with van der Waals surface area (Å²) in [6, 6.07) is 8.03. The highest BCUT2D eigenvalue weighted by atomic mass is 32.2. The summed E-state index contributed by atoms with van der Waals surface area (Å²) in [5.41, 5.74) is 0.984. The Balaban J connectivity index is 1.59. The molecular weight excluding hydrogens is 401 g/mol. The van der Waals surface area contributed by atoms with Gasteiger partial charge in [-0.05, 0) is 44.0 Å². The summed E-state index contributed by atoms with van der Waals surface area (Å²) in [5, 5.41) is 8.31. The second kappa shape index (κ2) is 6.66. The van der Waals surface area contributed by atoms with E-state index in [-0.39, 0.29) is 23.2 Å². The van der Waals surface area contributed by atoms with Crippen molar-refractivity contribution in [1.29, 1.82) is 0 Å². The van der Waals surface area contributed by atoms with Crippen molar-refractivity contribution in [3.05, 3.63) is 52.3 Å². The Morgan fingerprint density at radius 2 is 2.07 bits per heavy atom. The maximum atomic E-state index is 13.1. The van der Waals surface area contributed by atoms with Gasteiger partial charge in [0.15, 0.2) is 9.84 Å². The lowest BCUT2D eigenvalue weighted by molar-refractivity contribution is 0.0919. The number of nitrogens with zero attached hydrogens (tertiary/aromatic N) is 2. The summed E-state index contributed by atoms with van der Waals surface area (Å²) in [6.45, 7) is 4.12. The van der Waals surface area contributed by atoms with Crippen LogP contribution in [0.5, 0.6) is 0 Å². The molecule has 0 radical (unpaired) electrons. The number of aryl methyl sites for hydroxylation is 1. The van der Waals surface area contributed by atoms with Crippen molar-refractivity contribution in [3.63, 3.8) is 0 Å². The molecule has 1 atom stereocenters. The van der Waals surface area contributed by atoms with Gasteiger partial charge in [-0.15, -0.1) is 11.3 Å². The SMILES string of the molecule is Cc1nn(Cc2ccc(F)cc2)c2sc(C(=O)NC3(C)CCS(=O)(=O)C3)cc12. The Labute approximate surface area is 166 Å². The quantitative estimate of drug-likeness (QED) is 0.702. The van der Waals surface area contributed by atoms with Gasteiger partial charge < -0.3 is 5.32 Å². The van der Waals surface area contributed by atoms with Crippen LogP contribution in [0.15, 0.2) is 30.3 Å². The number of halogens is 1. The van der Waals surface area contributed by atoms with E-state index in [4.69, 9.17) is 0 Å². The predicted molar refractivity (Wildman–Crippen MR) is 107 cm³/mol. The molecule has 1 fully saturated rings. The highest BCUT2D eigenvalue weighted by molar-refractivity contribution is 7.91. The third kappa shape index (κ3) is 3.68. The summed E-state index contributed by atoms with van der Waals surface area (Å²) >= 11 is 1.32. The molecule has 0 saturated carbocycles. The van der Waals surface area contributed by atoms with E-state index in [2.05, 4.69) is 10.4 Å². The minimum atomic E-state index is -3.10. The third-order valence-corrected chi connectivity index (χ3v) is 8.05. The largest absolute Gasteiger partial charge is 0.345 e. The lowest BCUT2D eigenvalue weighted by atomic mass is 10.0. The van der Waals surface area contributed by atoms with Crippen LogP contribution in [-0.4, -0.2) is 41.2 Å². The number of fused-ring (bicyclic) bond motifs is 1. The first kappa shape index (κ1) is 19.1. The molecule has 1 N–H and O–H groups in total. The van der Waals surface area contributed by atoms with E-state index < -0.39 is 15.4 Å². The highest BCUT2D eigenvalue weighted by Gasteiger charge is 2.39. The van der Waals surface area contributed by atoms with E-state index in [1.165, 1.54) is 23.5 Å². The van der Waals surface area contributed by atoms with Crippen LogP contribution in [0.2, 0.25) is 0 Å². The first-order valence-corrected chi connectivity index (χ1v) is 11.5. The molecule has 1 amide bonds. The molecule has 2 aromatic heterocycles. The second-order valence-corrected chi connectivity index (χ2v) is 10.8. The summed E-state index contributed by atoms with van der Waals surface area (Å²) in [4.78, 5) is 14.1. The van der Waals surface area contributed by atoms with Crippen LogP contribution in [0.1, 0.15) is 34.3 Å². The van der Waals surface area contributed by atoms with Crippen molar-refractivity contribution in [2.75, 3.05) is 11.5 Å². The number of nitrogens with one attached hydrogen (secondary N) is 1. The number of aromatic nitrogens is 2. The zero-order chi connectivity index (χ0) is 20.1. The summed E-state index contributed by atoms with van der Waals surface area (Å²) in [7, 11) is -3.10. The fourth-order valence-electron chi connectivity index (χ4n) is 3.54. The fourth-order valence-corrected chi connectivity index (χ4v) is 6.69. The smallest absolute Gasteiger partial charge is 0.261 e. The number of thiophene rings is 1. The monoisotopic (exact) mass is 421 g/mol. The molecule has 1 saturated heterocycles. The fraction of sp³-hybridized carbons (Fsp3) is 0.368. The minimum absolute atomic E-state index is 0.0337. The molecule has 4 rings (SSSR count).